The van der Waals surface area contributed by atoms with Gasteiger partial charge in [-0.3, -0.25) is 18.7 Å². The predicted octanol–water partition coefficient (Wildman–Crippen LogP) is 5.50. The van der Waals surface area contributed by atoms with Gasteiger partial charge in [0, 0.05) is 18.8 Å². The van der Waals surface area contributed by atoms with Crippen molar-refractivity contribution in [3.8, 4) is 0 Å². The van der Waals surface area contributed by atoms with Crippen LogP contribution in [0.4, 0.5) is 0 Å². The third kappa shape index (κ3) is 6.27. The molecule has 7 rings (SSSR count). The van der Waals surface area contributed by atoms with Crippen molar-refractivity contribution in [2.24, 2.45) is 50.2 Å². The summed E-state index contributed by atoms with van der Waals surface area (Å²) < 4.78 is 13.9. The first kappa shape index (κ1) is 40.9. The van der Waals surface area contributed by atoms with E-state index in [4.69, 9.17) is 9.47 Å². The Morgan fingerprint density at radius 1 is 0.891 bits per heavy atom. The standard InChI is InChI=1S/C44H68N2O9/c1-39(2)18-20-44(37(52)54-24-10-8-9-22-45-33(49)15-23-46(38(45)53)36-35(51)34(50)29(26-47)55-36)21-19-42(6)27(28(44)25-39)11-12-31-41(5)16-14-32(48)40(3,4)30(41)13-17-43(31,42)7/h11,15,23,28-32,34-36,47-48,50-51H,8-10,12-14,16-22,24-26H2,1-7H3/t28-,29+,30?,31+,32-,34+,35+,36+,41-,42+,43+,44-/m0/s1. The number of fused-ring (bicyclic) bond motifs is 7. The number of esters is 1. The average molecular weight is 769 g/mol. The van der Waals surface area contributed by atoms with Crippen LogP contribution in [0, 0.1) is 50.2 Å². The smallest absolute Gasteiger partial charge is 0.333 e. The number of aliphatic hydroxyl groups is 4. The molecule has 0 spiro atoms. The van der Waals surface area contributed by atoms with Crippen LogP contribution >= 0.6 is 0 Å². The lowest BCUT2D eigenvalue weighted by Gasteiger charge is -2.71. The van der Waals surface area contributed by atoms with E-state index in [1.54, 1.807) is 0 Å². The van der Waals surface area contributed by atoms with E-state index < -0.39 is 47.8 Å². The van der Waals surface area contributed by atoms with E-state index >= 15 is 0 Å². The molecule has 2 heterocycles. The van der Waals surface area contributed by atoms with Crippen LogP contribution in [0.1, 0.15) is 138 Å². The van der Waals surface area contributed by atoms with Gasteiger partial charge in [-0.2, -0.15) is 0 Å². The number of unbranched alkanes of at least 4 members (excludes halogenated alkanes) is 2. The van der Waals surface area contributed by atoms with Crippen LogP contribution in [0.3, 0.4) is 0 Å². The van der Waals surface area contributed by atoms with Gasteiger partial charge in [0.2, 0.25) is 0 Å². The van der Waals surface area contributed by atoms with Gasteiger partial charge < -0.3 is 29.9 Å². The second-order valence-corrected chi connectivity index (χ2v) is 20.7. The summed E-state index contributed by atoms with van der Waals surface area (Å²) in [5, 5.41) is 41.1. The summed E-state index contributed by atoms with van der Waals surface area (Å²) in [7, 11) is 0. The molecule has 11 nitrogen and oxygen atoms in total. The fraction of sp³-hybridized carbons (Fsp3) is 0.841. The van der Waals surface area contributed by atoms with Crippen LogP contribution < -0.4 is 11.2 Å². The number of aromatic nitrogens is 2. The Morgan fingerprint density at radius 2 is 1.62 bits per heavy atom. The van der Waals surface area contributed by atoms with Crippen LogP contribution in [0.25, 0.3) is 0 Å². The zero-order valence-corrected chi connectivity index (χ0v) is 34.4. The van der Waals surface area contributed by atoms with Crippen molar-refractivity contribution >= 4 is 5.97 Å². The van der Waals surface area contributed by atoms with E-state index in [-0.39, 0.29) is 58.2 Å². The third-order valence-electron chi connectivity index (χ3n) is 17.2. The van der Waals surface area contributed by atoms with E-state index in [1.165, 1.54) is 17.8 Å². The Balaban J connectivity index is 1.02. The van der Waals surface area contributed by atoms with Gasteiger partial charge in [0.15, 0.2) is 6.23 Å². The highest BCUT2D eigenvalue weighted by molar-refractivity contribution is 5.78. The fourth-order valence-electron chi connectivity index (χ4n) is 13.5. The first-order valence-electron chi connectivity index (χ1n) is 21.3. The Labute approximate surface area is 326 Å². The number of ether oxygens (including phenoxy) is 2. The maximum absolute atomic E-state index is 14.4. The molecule has 4 N–H and O–H groups in total. The summed E-state index contributed by atoms with van der Waals surface area (Å²) in [4.78, 5) is 40.3. The van der Waals surface area contributed by atoms with Crippen molar-refractivity contribution in [2.45, 2.75) is 169 Å². The maximum Gasteiger partial charge on any atom is 0.333 e. The molecule has 308 valence electrons. The van der Waals surface area contributed by atoms with Gasteiger partial charge in [0.1, 0.15) is 18.3 Å². The highest BCUT2D eigenvalue weighted by Crippen LogP contribution is 2.75. The molecule has 0 radical (unpaired) electrons. The Bertz CT molecular complexity index is 1780. The summed E-state index contributed by atoms with van der Waals surface area (Å²) in [6.07, 6.45) is 10.2. The van der Waals surface area contributed by atoms with E-state index in [2.05, 4.69) is 54.5 Å². The molecule has 1 aromatic heterocycles. The Kier molecular flexibility index (Phi) is 10.6. The number of carbonyl (C=O) groups is 1. The second kappa shape index (κ2) is 14.2. The third-order valence-corrected chi connectivity index (χ3v) is 17.2. The number of aliphatic hydroxyl groups excluding tert-OH is 4. The average Bonchev–Trinajstić information content (AvgIpc) is 3.41. The molecule has 5 aliphatic carbocycles. The quantitative estimate of drug-likeness (QED) is 0.145. The maximum atomic E-state index is 14.4. The van der Waals surface area contributed by atoms with E-state index in [0.29, 0.717) is 31.1 Å². The molecule has 4 saturated carbocycles. The van der Waals surface area contributed by atoms with Crippen LogP contribution in [-0.4, -0.2) is 73.2 Å². The minimum atomic E-state index is -1.43. The predicted molar refractivity (Wildman–Crippen MR) is 208 cm³/mol. The topological polar surface area (TPSA) is 160 Å². The lowest BCUT2D eigenvalue weighted by Crippen LogP contribution is -2.65. The lowest BCUT2D eigenvalue weighted by atomic mass is 9.33. The normalized spacial score (nSPS) is 43.0. The monoisotopic (exact) mass is 768 g/mol. The molecule has 5 fully saturated rings. The zero-order valence-electron chi connectivity index (χ0n) is 34.4. The molecule has 1 saturated heterocycles. The van der Waals surface area contributed by atoms with Crippen LogP contribution in [0.2, 0.25) is 0 Å². The minimum absolute atomic E-state index is 0.00236. The summed E-state index contributed by atoms with van der Waals surface area (Å²) in [5.41, 5.74) is 0.178. The molecule has 1 aromatic rings. The lowest BCUT2D eigenvalue weighted by molar-refractivity contribution is -0.206. The number of hydrogen-bond donors (Lipinski definition) is 4. The molecule has 0 amide bonds. The first-order chi connectivity index (χ1) is 25.8. The molecular formula is C44H68N2O9. The first-order valence-corrected chi connectivity index (χ1v) is 21.3. The van der Waals surface area contributed by atoms with Gasteiger partial charge in [0.25, 0.3) is 5.56 Å². The molecule has 1 aliphatic heterocycles. The minimum Gasteiger partial charge on any atom is -0.465 e. The van der Waals surface area contributed by atoms with Gasteiger partial charge >= 0.3 is 11.7 Å². The molecular weight excluding hydrogens is 700 g/mol. The van der Waals surface area contributed by atoms with Crippen molar-refractivity contribution in [1.29, 1.82) is 0 Å². The van der Waals surface area contributed by atoms with Crippen molar-refractivity contribution in [2.75, 3.05) is 13.2 Å². The van der Waals surface area contributed by atoms with Gasteiger partial charge in [-0.15, -0.1) is 0 Å². The summed E-state index contributed by atoms with van der Waals surface area (Å²) in [6.45, 7) is 16.8. The van der Waals surface area contributed by atoms with Crippen LogP contribution in [0.15, 0.2) is 33.5 Å². The van der Waals surface area contributed by atoms with E-state index in [9.17, 15) is 34.8 Å². The molecule has 11 heteroatoms. The fourth-order valence-corrected chi connectivity index (χ4v) is 13.5. The highest BCUT2D eigenvalue weighted by atomic mass is 16.6. The molecule has 55 heavy (non-hydrogen) atoms. The number of allylic oxidation sites excluding steroid dienone is 2. The highest BCUT2D eigenvalue weighted by Gasteiger charge is 2.69. The summed E-state index contributed by atoms with van der Waals surface area (Å²) >= 11 is 0. The molecule has 6 aliphatic rings. The molecule has 0 bridgehead atoms. The van der Waals surface area contributed by atoms with Crippen molar-refractivity contribution in [3.63, 3.8) is 0 Å². The molecule has 1 unspecified atom stereocenters. The second-order valence-electron chi connectivity index (χ2n) is 20.7. The van der Waals surface area contributed by atoms with Gasteiger partial charge in [-0.05, 0) is 128 Å². The SMILES string of the molecule is CC1(C)CC[C@]2(C(=O)OCCCCCn3c(=O)ccn([C@@H]4O[C@H](CO)[C@@H](O)[C@H]4O)c3=O)CC[C@]3(C)C(=CC[C@@H]4[C@@]5(C)CC[C@H](O)C(C)(C)C5CC[C@]43C)[C@@H]2C1. The van der Waals surface area contributed by atoms with Crippen molar-refractivity contribution < 1.29 is 34.7 Å². The number of carbonyl (C=O) groups excluding carboxylic acids is 1. The number of nitrogens with zero attached hydrogens (tertiary/aromatic N) is 2. The zero-order chi connectivity index (χ0) is 39.9. The largest absolute Gasteiger partial charge is 0.465 e. The Hall–Kier alpha value is -2.31. The molecule has 0 aromatic carbocycles. The summed E-state index contributed by atoms with van der Waals surface area (Å²) in [6, 6.07) is 1.23. The van der Waals surface area contributed by atoms with Gasteiger partial charge in [0.05, 0.1) is 24.7 Å². The van der Waals surface area contributed by atoms with E-state index in [1.807, 2.05) is 0 Å². The van der Waals surface area contributed by atoms with Crippen molar-refractivity contribution in [1.82, 2.24) is 9.13 Å². The number of rotatable bonds is 9. The summed E-state index contributed by atoms with van der Waals surface area (Å²) in [5.74, 6) is 1.12. The molecule has 12 atom stereocenters. The van der Waals surface area contributed by atoms with Crippen LogP contribution in [0.5, 0.6) is 0 Å². The van der Waals surface area contributed by atoms with E-state index in [0.717, 1.165) is 73.3 Å². The Morgan fingerprint density at radius 3 is 2.33 bits per heavy atom. The number of hydrogen-bond acceptors (Lipinski definition) is 9. The van der Waals surface area contributed by atoms with Gasteiger partial charge in [-0.25, -0.2) is 4.79 Å². The van der Waals surface area contributed by atoms with Crippen LogP contribution in [-0.2, 0) is 20.8 Å². The van der Waals surface area contributed by atoms with Gasteiger partial charge in [-0.1, -0.05) is 60.1 Å². The van der Waals surface area contributed by atoms with Crippen molar-refractivity contribution in [3.05, 3.63) is 44.8 Å².